The summed E-state index contributed by atoms with van der Waals surface area (Å²) in [6, 6.07) is 5.10. The van der Waals surface area contributed by atoms with Crippen molar-refractivity contribution in [3.05, 3.63) is 38.3 Å². The Balaban J connectivity index is 2.23. The van der Waals surface area contributed by atoms with Crippen molar-refractivity contribution in [2.45, 2.75) is 44.9 Å². The lowest BCUT2D eigenvalue weighted by atomic mass is 9.97. The van der Waals surface area contributed by atoms with E-state index in [-0.39, 0.29) is 16.7 Å². The molecular formula is C14H19BrN2O3. The highest BCUT2D eigenvalue weighted by atomic mass is 79.9. The molecule has 0 bridgehead atoms. The highest BCUT2D eigenvalue weighted by Gasteiger charge is 2.28. The molecule has 1 N–H and O–H groups in total. The molecule has 20 heavy (non-hydrogen) atoms. The molecular weight excluding hydrogens is 324 g/mol. The van der Waals surface area contributed by atoms with E-state index in [1.165, 1.54) is 6.07 Å². The summed E-state index contributed by atoms with van der Waals surface area (Å²) in [4.78, 5) is 12.9. The van der Waals surface area contributed by atoms with E-state index in [1.54, 1.807) is 19.1 Å². The Morgan fingerprint density at radius 3 is 2.95 bits per heavy atom. The van der Waals surface area contributed by atoms with Crippen LogP contribution in [-0.2, 0) is 6.54 Å². The predicted octanol–water partition coefficient (Wildman–Crippen LogP) is 3.09. The molecule has 1 heterocycles. The van der Waals surface area contributed by atoms with E-state index in [2.05, 4.69) is 20.8 Å². The molecule has 0 radical (unpaired) electrons. The third-order valence-corrected chi connectivity index (χ3v) is 4.33. The second-order valence-electron chi connectivity index (χ2n) is 5.30. The molecule has 5 nitrogen and oxygen atoms in total. The minimum absolute atomic E-state index is 0.0855. The number of likely N-dealkylation sites (tertiary alicyclic amines) is 1. The van der Waals surface area contributed by atoms with Gasteiger partial charge in [-0.2, -0.15) is 0 Å². The fraction of sp³-hybridized carbons (Fsp3) is 0.571. The van der Waals surface area contributed by atoms with Gasteiger partial charge in [0.2, 0.25) is 0 Å². The molecule has 1 fully saturated rings. The average Bonchev–Trinajstić information content (AvgIpc) is 2.38. The Morgan fingerprint density at radius 1 is 1.55 bits per heavy atom. The van der Waals surface area contributed by atoms with E-state index >= 15 is 0 Å². The number of piperidine rings is 1. The molecule has 0 saturated carbocycles. The summed E-state index contributed by atoms with van der Waals surface area (Å²) in [7, 11) is 0. The van der Waals surface area contributed by atoms with Gasteiger partial charge < -0.3 is 5.11 Å². The Labute approximate surface area is 126 Å². The van der Waals surface area contributed by atoms with Gasteiger partial charge in [-0.05, 0) is 38.4 Å². The maximum Gasteiger partial charge on any atom is 0.273 e. The van der Waals surface area contributed by atoms with Crippen LogP contribution < -0.4 is 0 Å². The lowest BCUT2D eigenvalue weighted by Crippen LogP contribution is -2.45. The first-order valence-corrected chi connectivity index (χ1v) is 7.63. The van der Waals surface area contributed by atoms with Crippen molar-refractivity contribution in [1.82, 2.24) is 4.90 Å². The maximum absolute atomic E-state index is 11.1. The number of nitro benzene ring substituents is 1. The molecule has 2 atom stereocenters. The van der Waals surface area contributed by atoms with Crippen LogP contribution in [0.1, 0.15) is 31.7 Å². The van der Waals surface area contributed by atoms with Gasteiger partial charge in [0.05, 0.1) is 11.0 Å². The zero-order valence-corrected chi connectivity index (χ0v) is 13.0. The van der Waals surface area contributed by atoms with Crippen LogP contribution in [0.2, 0.25) is 0 Å². The summed E-state index contributed by atoms with van der Waals surface area (Å²) in [6.45, 7) is 3.17. The minimum Gasteiger partial charge on any atom is -0.392 e. The minimum atomic E-state index is -0.415. The number of hydrogen-bond acceptors (Lipinski definition) is 4. The van der Waals surface area contributed by atoms with Gasteiger partial charge in [-0.1, -0.05) is 22.4 Å². The highest BCUT2D eigenvalue weighted by molar-refractivity contribution is 9.10. The largest absolute Gasteiger partial charge is 0.392 e. The second kappa shape index (κ2) is 6.65. The summed E-state index contributed by atoms with van der Waals surface area (Å²) >= 11 is 3.36. The molecule has 0 amide bonds. The number of benzene rings is 1. The smallest absolute Gasteiger partial charge is 0.273 e. The number of rotatable bonds is 4. The molecule has 6 heteroatoms. The standard InChI is InChI=1S/C14H19BrN2O3/c1-10(18)13-4-2-3-7-16(13)9-11-8-12(15)5-6-14(11)17(19)20/h5-6,8,10,13,18H,2-4,7,9H2,1H3. The van der Waals surface area contributed by atoms with Crippen molar-refractivity contribution in [1.29, 1.82) is 0 Å². The second-order valence-corrected chi connectivity index (χ2v) is 6.22. The first-order chi connectivity index (χ1) is 9.49. The van der Waals surface area contributed by atoms with Crippen LogP contribution in [-0.4, -0.2) is 33.6 Å². The van der Waals surface area contributed by atoms with Crippen LogP contribution in [0.25, 0.3) is 0 Å². The quantitative estimate of drug-likeness (QED) is 0.674. The number of nitro groups is 1. The zero-order chi connectivity index (χ0) is 14.7. The number of aliphatic hydroxyl groups excluding tert-OH is 1. The predicted molar refractivity (Wildman–Crippen MR) is 80.5 cm³/mol. The zero-order valence-electron chi connectivity index (χ0n) is 11.5. The van der Waals surface area contributed by atoms with Gasteiger partial charge in [-0.15, -0.1) is 0 Å². The topological polar surface area (TPSA) is 66.6 Å². The first kappa shape index (κ1) is 15.4. The van der Waals surface area contributed by atoms with Crippen molar-refractivity contribution < 1.29 is 10.0 Å². The van der Waals surface area contributed by atoms with Gasteiger partial charge in [-0.3, -0.25) is 15.0 Å². The molecule has 1 saturated heterocycles. The molecule has 1 aliphatic heterocycles. The molecule has 1 aromatic carbocycles. The SMILES string of the molecule is CC(O)C1CCCCN1Cc1cc(Br)ccc1[N+](=O)[O-]. The summed E-state index contributed by atoms with van der Waals surface area (Å²) in [5.41, 5.74) is 0.833. The Hall–Kier alpha value is -0.980. The van der Waals surface area contributed by atoms with Gasteiger partial charge >= 0.3 is 0 Å². The maximum atomic E-state index is 11.1. The van der Waals surface area contributed by atoms with E-state index in [4.69, 9.17) is 0 Å². The van der Waals surface area contributed by atoms with E-state index in [1.807, 2.05) is 0 Å². The Bertz CT molecular complexity index is 493. The van der Waals surface area contributed by atoms with Crippen LogP contribution >= 0.6 is 15.9 Å². The summed E-state index contributed by atoms with van der Waals surface area (Å²) in [5.74, 6) is 0. The monoisotopic (exact) mass is 342 g/mol. The molecule has 1 aromatic rings. The van der Waals surface area contributed by atoms with Crippen LogP contribution in [0.5, 0.6) is 0 Å². The highest BCUT2D eigenvalue weighted by Crippen LogP contribution is 2.28. The number of aliphatic hydroxyl groups is 1. The summed E-state index contributed by atoms with van der Waals surface area (Å²) in [5, 5.41) is 21.0. The number of halogens is 1. The average molecular weight is 343 g/mol. The van der Waals surface area contributed by atoms with Crippen LogP contribution in [0.3, 0.4) is 0 Å². The molecule has 2 unspecified atom stereocenters. The van der Waals surface area contributed by atoms with Crippen molar-refractivity contribution in [3.8, 4) is 0 Å². The van der Waals surface area contributed by atoms with E-state index in [9.17, 15) is 15.2 Å². The molecule has 2 rings (SSSR count). The van der Waals surface area contributed by atoms with Gasteiger partial charge in [-0.25, -0.2) is 0 Å². The van der Waals surface area contributed by atoms with Gasteiger partial charge in [0.1, 0.15) is 0 Å². The first-order valence-electron chi connectivity index (χ1n) is 6.84. The molecule has 0 aromatic heterocycles. The van der Waals surface area contributed by atoms with E-state index in [0.717, 1.165) is 30.3 Å². The van der Waals surface area contributed by atoms with Crippen LogP contribution in [0, 0.1) is 10.1 Å². The van der Waals surface area contributed by atoms with Crippen LogP contribution in [0.4, 0.5) is 5.69 Å². The van der Waals surface area contributed by atoms with Gasteiger partial charge in [0.15, 0.2) is 0 Å². The third-order valence-electron chi connectivity index (χ3n) is 3.83. The summed E-state index contributed by atoms with van der Waals surface area (Å²) < 4.78 is 0.837. The third kappa shape index (κ3) is 3.56. The molecule has 110 valence electrons. The Kier molecular flexibility index (Phi) is 5.12. The fourth-order valence-corrected chi connectivity index (χ4v) is 3.25. The normalized spacial score (nSPS) is 21.6. The lowest BCUT2D eigenvalue weighted by molar-refractivity contribution is -0.385. The van der Waals surface area contributed by atoms with Crippen molar-refractivity contribution >= 4 is 21.6 Å². The number of nitrogens with zero attached hydrogens (tertiary/aromatic N) is 2. The van der Waals surface area contributed by atoms with Crippen molar-refractivity contribution in [2.24, 2.45) is 0 Å². The molecule has 0 aliphatic carbocycles. The van der Waals surface area contributed by atoms with Crippen molar-refractivity contribution in [3.63, 3.8) is 0 Å². The Morgan fingerprint density at radius 2 is 2.30 bits per heavy atom. The van der Waals surface area contributed by atoms with Gasteiger partial charge in [0, 0.05) is 28.7 Å². The molecule has 0 spiro atoms. The van der Waals surface area contributed by atoms with E-state index in [0.29, 0.717) is 12.1 Å². The summed E-state index contributed by atoms with van der Waals surface area (Å²) in [6.07, 6.45) is 2.71. The van der Waals surface area contributed by atoms with Crippen molar-refractivity contribution in [2.75, 3.05) is 6.54 Å². The fourth-order valence-electron chi connectivity index (χ4n) is 2.84. The molecule has 1 aliphatic rings. The van der Waals surface area contributed by atoms with Crippen LogP contribution in [0.15, 0.2) is 22.7 Å². The lowest BCUT2D eigenvalue weighted by Gasteiger charge is -2.37. The van der Waals surface area contributed by atoms with Gasteiger partial charge in [0.25, 0.3) is 5.69 Å². The number of hydrogen-bond donors (Lipinski definition) is 1. The van der Waals surface area contributed by atoms with E-state index < -0.39 is 6.10 Å².